The number of aldehydes is 1. The summed E-state index contributed by atoms with van der Waals surface area (Å²) in [6.45, 7) is 0.217. The summed E-state index contributed by atoms with van der Waals surface area (Å²) in [5, 5.41) is 4.12. The molecule has 0 N–H and O–H groups in total. The first-order valence-corrected chi connectivity index (χ1v) is 6.64. The molecule has 19 heavy (non-hydrogen) atoms. The lowest BCUT2D eigenvalue weighted by atomic mass is 10.2. The van der Waals surface area contributed by atoms with Crippen LogP contribution in [0.5, 0.6) is 0 Å². The Kier molecular flexibility index (Phi) is 3.15. The zero-order valence-electron chi connectivity index (χ0n) is 11.0. The Labute approximate surface area is 111 Å². The fraction of sp³-hybridized carbons (Fsp3) is 0.538. The number of aromatic nitrogens is 4. The summed E-state index contributed by atoms with van der Waals surface area (Å²) in [4.78, 5) is 21.8. The summed E-state index contributed by atoms with van der Waals surface area (Å²) in [5.74, 6) is 0.854. The molecule has 2 heterocycles. The fourth-order valence-corrected chi connectivity index (χ4v) is 2.69. The Morgan fingerprint density at radius 2 is 2.21 bits per heavy atom. The molecule has 0 radical (unpaired) electrons. The van der Waals surface area contributed by atoms with Gasteiger partial charge in [-0.05, 0) is 12.8 Å². The van der Waals surface area contributed by atoms with E-state index in [1.165, 1.54) is 25.7 Å². The Bertz CT molecular complexity index is 588. The van der Waals surface area contributed by atoms with E-state index >= 15 is 0 Å². The lowest BCUT2D eigenvalue weighted by Crippen LogP contribution is -2.29. The highest BCUT2D eigenvalue weighted by Gasteiger charge is 2.21. The van der Waals surface area contributed by atoms with E-state index < -0.39 is 0 Å². The summed E-state index contributed by atoms with van der Waals surface area (Å²) in [7, 11) is 2.06. The van der Waals surface area contributed by atoms with E-state index in [0.717, 1.165) is 17.6 Å². The lowest BCUT2D eigenvalue weighted by molar-refractivity contribution is -0.108. The molecule has 2 aromatic rings. The number of carbonyl (C=O) groups excluding carboxylic acids is 1. The van der Waals surface area contributed by atoms with Crippen molar-refractivity contribution in [2.45, 2.75) is 38.3 Å². The maximum atomic E-state index is 10.6. The van der Waals surface area contributed by atoms with Gasteiger partial charge in [0.15, 0.2) is 5.65 Å². The molecule has 2 aromatic heterocycles. The van der Waals surface area contributed by atoms with Crippen molar-refractivity contribution in [1.29, 1.82) is 0 Å². The van der Waals surface area contributed by atoms with Crippen LogP contribution in [-0.4, -0.2) is 39.1 Å². The zero-order valence-corrected chi connectivity index (χ0v) is 11.0. The van der Waals surface area contributed by atoms with Gasteiger partial charge < -0.3 is 9.69 Å². The van der Waals surface area contributed by atoms with Crippen LogP contribution < -0.4 is 4.90 Å². The fourth-order valence-electron chi connectivity index (χ4n) is 2.69. The monoisotopic (exact) mass is 259 g/mol. The minimum Gasteiger partial charge on any atom is -0.355 e. The molecule has 100 valence electrons. The molecule has 0 aromatic carbocycles. The van der Waals surface area contributed by atoms with Gasteiger partial charge in [-0.1, -0.05) is 12.8 Å². The molecule has 1 aliphatic rings. The number of nitrogens with zero attached hydrogens (tertiary/aromatic N) is 5. The highest BCUT2D eigenvalue weighted by molar-refractivity contribution is 5.72. The van der Waals surface area contributed by atoms with Gasteiger partial charge in [-0.2, -0.15) is 5.10 Å². The van der Waals surface area contributed by atoms with Crippen LogP contribution in [0, 0.1) is 0 Å². The molecule has 0 bridgehead atoms. The molecule has 6 heteroatoms. The number of hydrogen-bond acceptors (Lipinski definition) is 5. The van der Waals surface area contributed by atoms with Crippen molar-refractivity contribution in [3.63, 3.8) is 0 Å². The zero-order chi connectivity index (χ0) is 13.2. The van der Waals surface area contributed by atoms with Gasteiger partial charge in [-0.3, -0.25) is 0 Å². The molecule has 1 aliphatic carbocycles. The molecule has 6 nitrogen and oxygen atoms in total. The van der Waals surface area contributed by atoms with E-state index in [1.54, 1.807) is 17.1 Å². The second-order valence-electron chi connectivity index (χ2n) is 4.98. The van der Waals surface area contributed by atoms with Gasteiger partial charge in [0.1, 0.15) is 17.6 Å². The second-order valence-corrected chi connectivity index (χ2v) is 4.98. The molecule has 0 saturated heterocycles. The van der Waals surface area contributed by atoms with Gasteiger partial charge in [0.05, 0.1) is 18.9 Å². The van der Waals surface area contributed by atoms with Gasteiger partial charge in [0.25, 0.3) is 0 Å². The first kappa shape index (κ1) is 12.1. The predicted octanol–water partition coefficient (Wildman–Crippen LogP) is 1.40. The quantitative estimate of drug-likeness (QED) is 0.777. The molecule has 0 aliphatic heterocycles. The van der Waals surface area contributed by atoms with Crippen LogP contribution in [0.4, 0.5) is 5.82 Å². The summed E-state index contributed by atoms with van der Waals surface area (Å²) >= 11 is 0. The van der Waals surface area contributed by atoms with E-state index in [9.17, 15) is 4.79 Å². The van der Waals surface area contributed by atoms with Gasteiger partial charge in [-0.15, -0.1) is 0 Å². The van der Waals surface area contributed by atoms with Gasteiger partial charge in [0, 0.05) is 13.1 Å². The third-order valence-electron chi connectivity index (χ3n) is 3.81. The van der Waals surface area contributed by atoms with Crippen molar-refractivity contribution < 1.29 is 4.79 Å². The molecule has 1 saturated carbocycles. The SMILES string of the molecule is CN(c1cnc2cnn(CC=O)c2n1)C1CCCC1. The largest absolute Gasteiger partial charge is 0.355 e. The Morgan fingerprint density at radius 3 is 2.95 bits per heavy atom. The summed E-state index contributed by atoms with van der Waals surface area (Å²) < 4.78 is 1.58. The van der Waals surface area contributed by atoms with Crippen molar-refractivity contribution in [3.05, 3.63) is 12.4 Å². The Balaban J connectivity index is 1.95. The Hall–Kier alpha value is -1.98. The minimum atomic E-state index is 0.217. The molecule has 0 atom stereocenters. The standard InChI is InChI=1S/C13H17N5O/c1-17(10-4-2-3-5-10)12-9-14-11-8-15-18(6-7-19)13(11)16-12/h7-10H,2-6H2,1H3. The lowest BCUT2D eigenvalue weighted by Gasteiger charge is -2.24. The maximum Gasteiger partial charge on any atom is 0.179 e. The number of carbonyl (C=O) groups is 1. The predicted molar refractivity (Wildman–Crippen MR) is 72.0 cm³/mol. The molecular weight excluding hydrogens is 242 g/mol. The average Bonchev–Trinajstić information content (AvgIpc) is 3.08. The number of anilines is 1. The van der Waals surface area contributed by atoms with E-state index in [0.29, 0.717) is 11.7 Å². The number of rotatable bonds is 4. The molecule has 0 amide bonds. The van der Waals surface area contributed by atoms with Gasteiger partial charge in [-0.25, -0.2) is 14.6 Å². The second kappa shape index (κ2) is 4.95. The number of hydrogen-bond donors (Lipinski definition) is 0. The first-order valence-electron chi connectivity index (χ1n) is 6.64. The van der Waals surface area contributed by atoms with E-state index in [-0.39, 0.29) is 6.54 Å². The number of fused-ring (bicyclic) bond motifs is 1. The smallest absolute Gasteiger partial charge is 0.179 e. The van der Waals surface area contributed by atoms with Crippen molar-refractivity contribution in [2.24, 2.45) is 0 Å². The van der Waals surface area contributed by atoms with Crippen molar-refractivity contribution in [1.82, 2.24) is 19.7 Å². The molecule has 0 spiro atoms. The highest BCUT2D eigenvalue weighted by atomic mass is 16.1. The van der Waals surface area contributed by atoms with Gasteiger partial charge >= 0.3 is 0 Å². The van der Waals surface area contributed by atoms with Crippen LogP contribution in [0.25, 0.3) is 11.2 Å². The van der Waals surface area contributed by atoms with Crippen molar-refractivity contribution >= 4 is 23.3 Å². The van der Waals surface area contributed by atoms with Gasteiger partial charge in [0.2, 0.25) is 0 Å². The normalized spacial score (nSPS) is 16.1. The summed E-state index contributed by atoms with van der Waals surface area (Å²) in [6.07, 6.45) is 9.25. The third kappa shape index (κ3) is 2.18. The van der Waals surface area contributed by atoms with Crippen LogP contribution in [-0.2, 0) is 11.3 Å². The molecular formula is C13H17N5O. The van der Waals surface area contributed by atoms with Crippen molar-refractivity contribution in [2.75, 3.05) is 11.9 Å². The summed E-state index contributed by atoms with van der Waals surface area (Å²) in [5.41, 5.74) is 1.40. The van der Waals surface area contributed by atoms with Crippen molar-refractivity contribution in [3.8, 4) is 0 Å². The van der Waals surface area contributed by atoms with Crippen LogP contribution in [0.1, 0.15) is 25.7 Å². The highest BCUT2D eigenvalue weighted by Crippen LogP contribution is 2.26. The van der Waals surface area contributed by atoms with E-state index in [4.69, 9.17) is 0 Å². The van der Waals surface area contributed by atoms with Crippen LogP contribution in [0.2, 0.25) is 0 Å². The third-order valence-corrected chi connectivity index (χ3v) is 3.81. The van der Waals surface area contributed by atoms with E-state index in [1.807, 2.05) is 0 Å². The average molecular weight is 259 g/mol. The molecule has 0 unspecified atom stereocenters. The summed E-state index contributed by atoms with van der Waals surface area (Å²) in [6, 6.07) is 0.550. The van der Waals surface area contributed by atoms with Crippen LogP contribution >= 0.6 is 0 Å². The van der Waals surface area contributed by atoms with E-state index in [2.05, 4.69) is 27.0 Å². The Morgan fingerprint density at radius 1 is 1.42 bits per heavy atom. The maximum absolute atomic E-state index is 10.6. The first-order chi connectivity index (χ1) is 9.29. The van der Waals surface area contributed by atoms with Crippen LogP contribution in [0.3, 0.4) is 0 Å². The molecule has 1 fully saturated rings. The topological polar surface area (TPSA) is 63.9 Å². The minimum absolute atomic E-state index is 0.217. The van der Waals surface area contributed by atoms with Crippen LogP contribution in [0.15, 0.2) is 12.4 Å². The molecule has 3 rings (SSSR count).